The van der Waals surface area contributed by atoms with E-state index in [0.29, 0.717) is 19.7 Å². The van der Waals surface area contributed by atoms with Gasteiger partial charge in [-0.2, -0.15) is 4.31 Å². The summed E-state index contributed by atoms with van der Waals surface area (Å²) in [5, 5.41) is -0.165. The van der Waals surface area contributed by atoms with Gasteiger partial charge in [-0.25, -0.2) is 13.4 Å². The molecular formula is C15H23N3O3S. The van der Waals surface area contributed by atoms with Crippen molar-refractivity contribution in [1.82, 2.24) is 13.9 Å². The predicted molar refractivity (Wildman–Crippen MR) is 81.6 cm³/mol. The predicted octanol–water partition coefficient (Wildman–Crippen LogP) is 1.23. The van der Waals surface area contributed by atoms with Gasteiger partial charge in [0.05, 0.1) is 18.4 Å². The number of imidazole rings is 1. The lowest BCUT2D eigenvalue weighted by Gasteiger charge is -2.23. The molecule has 122 valence electrons. The summed E-state index contributed by atoms with van der Waals surface area (Å²) in [7, 11) is -3.17. The van der Waals surface area contributed by atoms with Gasteiger partial charge in [-0.15, -0.1) is 0 Å². The van der Waals surface area contributed by atoms with Crippen LogP contribution in [0.15, 0.2) is 12.4 Å². The molecule has 1 aromatic rings. The Balaban J connectivity index is 1.49. The second kappa shape index (κ2) is 5.62. The Morgan fingerprint density at radius 1 is 1.14 bits per heavy atom. The molecule has 0 N–H and O–H groups in total. The molecule has 2 saturated carbocycles. The standard InChI is InChI=1S/C15H23N3O3S/c19-22(20,14-3-4-14)18-8-13(11-21-10-12-1-2-12)7-17-6-5-16-15(17)9-18/h5-6,12-14H,1-4,7-11H2/t13-/m1/s1. The van der Waals surface area contributed by atoms with E-state index in [0.717, 1.165) is 37.7 Å². The van der Waals surface area contributed by atoms with Gasteiger partial charge in [-0.3, -0.25) is 0 Å². The molecule has 22 heavy (non-hydrogen) atoms. The zero-order chi connectivity index (χ0) is 15.2. The molecule has 4 rings (SSSR count). The van der Waals surface area contributed by atoms with Gasteiger partial charge >= 0.3 is 0 Å². The summed E-state index contributed by atoms with van der Waals surface area (Å²) in [4.78, 5) is 4.33. The monoisotopic (exact) mass is 325 g/mol. The van der Waals surface area contributed by atoms with E-state index in [9.17, 15) is 8.42 Å². The number of rotatable bonds is 6. The first kappa shape index (κ1) is 14.7. The van der Waals surface area contributed by atoms with Crippen LogP contribution in [0.25, 0.3) is 0 Å². The molecule has 0 bridgehead atoms. The van der Waals surface area contributed by atoms with E-state index in [2.05, 4.69) is 9.55 Å². The maximum atomic E-state index is 12.6. The summed E-state index contributed by atoms with van der Waals surface area (Å²) in [6.07, 6.45) is 7.85. The average molecular weight is 325 g/mol. The van der Waals surface area contributed by atoms with Crippen molar-refractivity contribution in [2.75, 3.05) is 19.8 Å². The molecule has 0 radical (unpaired) electrons. The first-order valence-corrected chi connectivity index (χ1v) is 9.70. The van der Waals surface area contributed by atoms with Gasteiger partial charge in [0.2, 0.25) is 10.0 Å². The minimum atomic E-state index is -3.17. The molecule has 2 heterocycles. The third-order valence-corrected chi connectivity index (χ3v) is 7.06. The van der Waals surface area contributed by atoms with E-state index >= 15 is 0 Å². The van der Waals surface area contributed by atoms with E-state index < -0.39 is 10.0 Å². The zero-order valence-corrected chi connectivity index (χ0v) is 13.5. The number of aromatic nitrogens is 2. The molecular weight excluding hydrogens is 302 g/mol. The maximum Gasteiger partial charge on any atom is 0.217 e. The van der Waals surface area contributed by atoms with Gasteiger partial charge in [0.25, 0.3) is 0 Å². The fourth-order valence-electron chi connectivity index (χ4n) is 3.07. The molecule has 2 fully saturated rings. The van der Waals surface area contributed by atoms with Crippen molar-refractivity contribution >= 4 is 10.0 Å². The lowest BCUT2D eigenvalue weighted by atomic mass is 10.1. The Morgan fingerprint density at radius 3 is 2.64 bits per heavy atom. The summed E-state index contributed by atoms with van der Waals surface area (Å²) < 4.78 is 34.8. The van der Waals surface area contributed by atoms with Crippen LogP contribution in [-0.2, 0) is 27.8 Å². The Hall–Kier alpha value is -0.920. The third-order valence-electron chi connectivity index (χ3n) is 4.75. The average Bonchev–Trinajstić information content (AvgIpc) is 3.36. The fourth-order valence-corrected chi connectivity index (χ4v) is 4.93. The van der Waals surface area contributed by atoms with E-state index in [1.165, 1.54) is 12.8 Å². The third kappa shape index (κ3) is 3.07. The van der Waals surface area contributed by atoms with Gasteiger partial charge in [0.1, 0.15) is 5.82 Å². The Bertz CT molecular complexity index is 634. The first-order valence-electron chi connectivity index (χ1n) is 8.19. The molecule has 0 saturated heterocycles. The highest BCUT2D eigenvalue weighted by Crippen LogP contribution is 2.33. The van der Waals surface area contributed by atoms with Crippen molar-refractivity contribution in [1.29, 1.82) is 0 Å². The molecule has 1 aliphatic heterocycles. The smallest absolute Gasteiger partial charge is 0.217 e. The van der Waals surface area contributed by atoms with Crippen LogP contribution in [0.1, 0.15) is 31.5 Å². The van der Waals surface area contributed by atoms with Gasteiger partial charge < -0.3 is 9.30 Å². The summed E-state index contributed by atoms with van der Waals surface area (Å²) in [5.74, 6) is 1.78. The van der Waals surface area contributed by atoms with E-state index in [1.54, 1.807) is 10.5 Å². The number of ether oxygens (including phenoxy) is 1. The van der Waals surface area contributed by atoms with Crippen LogP contribution in [0.5, 0.6) is 0 Å². The lowest BCUT2D eigenvalue weighted by molar-refractivity contribution is 0.0808. The summed E-state index contributed by atoms with van der Waals surface area (Å²) in [6, 6.07) is 0. The first-order chi connectivity index (χ1) is 10.6. The van der Waals surface area contributed by atoms with Crippen LogP contribution in [0, 0.1) is 11.8 Å². The number of nitrogens with zero attached hydrogens (tertiary/aromatic N) is 3. The van der Waals surface area contributed by atoms with Crippen LogP contribution in [0.3, 0.4) is 0 Å². The van der Waals surface area contributed by atoms with Crippen LogP contribution < -0.4 is 0 Å². The maximum absolute atomic E-state index is 12.6. The normalized spacial score (nSPS) is 26.6. The quantitative estimate of drug-likeness (QED) is 0.789. The van der Waals surface area contributed by atoms with Crippen LogP contribution in [0.2, 0.25) is 0 Å². The van der Waals surface area contributed by atoms with Crippen molar-refractivity contribution in [3.63, 3.8) is 0 Å². The van der Waals surface area contributed by atoms with Gasteiger partial charge in [-0.05, 0) is 31.6 Å². The van der Waals surface area contributed by atoms with Crippen LogP contribution in [0.4, 0.5) is 0 Å². The molecule has 1 atom stereocenters. The van der Waals surface area contributed by atoms with E-state index in [4.69, 9.17) is 4.74 Å². The van der Waals surface area contributed by atoms with Crippen molar-refractivity contribution in [3.8, 4) is 0 Å². The van der Waals surface area contributed by atoms with Crippen molar-refractivity contribution in [2.24, 2.45) is 11.8 Å². The number of hydrogen-bond acceptors (Lipinski definition) is 4. The highest BCUT2D eigenvalue weighted by molar-refractivity contribution is 7.90. The van der Waals surface area contributed by atoms with Crippen LogP contribution >= 0.6 is 0 Å². The van der Waals surface area contributed by atoms with Gasteiger partial charge in [0, 0.05) is 38.0 Å². The highest BCUT2D eigenvalue weighted by atomic mass is 32.2. The largest absolute Gasteiger partial charge is 0.381 e. The summed E-state index contributed by atoms with van der Waals surface area (Å²) in [5.41, 5.74) is 0. The van der Waals surface area contributed by atoms with Gasteiger partial charge in [-0.1, -0.05) is 0 Å². The minimum absolute atomic E-state index is 0.165. The Morgan fingerprint density at radius 2 is 1.91 bits per heavy atom. The van der Waals surface area contributed by atoms with E-state index in [-0.39, 0.29) is 11.2 Å². The molecule has 7 heteroatoms. The van der Waals surface area contributed by atoms with Crippen molar-refractivity contribution in [3.05, 3.63) is 18.2 Å². The zero-order valence-electron chi connectivity index (χ0n) is 12.7. The second-order valence-corrected chi connectivity index (χ2v) is 9.09. The summed E-state index contributed by atoms with van der Waals surface area (Å²) in [6.45, 7) is 3.18. The Kier molecular flexibility index (Phi) is 3.74. The molecule has 0 aromatic carbocycles. The fraction of sp³-hybridized carbons (Fsp3) is 0.800. The van der Waals surface area contributed by atoms with Gasteiger partial charge in [0.15, 0.2) is 0 Å². The number of hydrogen-bond donors (Lipinski definition) is 0. The second-order valence-electron chi connectivity index (χ2n) is 6.88. The highest BCUT2D eigenvalue weighted by Gasteiger charge is 2.42. The molecule has 3 aliphatic rings. The molecule has 0 unspecified atom stereocenters. The molecule has 0 amide bonds. The lowest BCUT2D eigenvalue weighted by Crippen LogP contribution is -2.37. The number of fused-ring (bicyclic) bond motifs is 1. The molecule has 0 spiro atoms. The molecule has 6 nitrogen and oxygen atoms in total. The van der Waals surface area contributed by atoms with Crippen LogP contribution in [-0.4, -0.2) is 47.3 Å². The summed E-state index contributed by atoms with van der Waals surface area (Å²) >= 11 is 0. The Labute approximate surface area is 131 Å². The minimum Gasteiger partial charge on any atom is -0.381 e. The molecule has 1 aromatic heterocycles. The molecule has 2 aliphatic carbocycles. The number of sulfonamides is 1. The van der Waals surface area contributed by atoms with E-state index in [1.807, 2.05) is 6.20 Å². The van der Waals surface area contributed by atoms with Crippen molar-refractivity contribution in [2.45, 2.75) is 44.0 Å². The topological polar surface area (TPSA) is 64.4 Å². The SMILES string of the molecule is O=S(=O)(C1CC1)N1Cc2nccn2C[C@@H](COCC2CC2)C1. The van der Waals surface area contributed by atoms with Crippen molar-refractivity contribution < 1.29 is 13.2 Å².